The van der Waals surface area contributed by atoms with Crippen molar-refractivity contribution < 1.29 is 4.79 Å². The first-order valence-corrected chi connectivity index (χ1v) is 6.17. The van der Waals surface area contributed by atoms with Gasteiger partial charge < -0.3 is 10.6 Å². The van der Waals surface area contributed by atoms with Gasteiger partial charge in [0.2, 0.25) is 5.91 Å². The fraction of sp³-hybridized carbons (Fsp3) is 0.500. The molecule has 0 radical (unpaired) electrons. The molecule has 0 saturated carbocycles. The molecule has 3 nitrogen and oxygen atoms in total. The molecule has 0 heterocycles. The van der Waals surface area contributed by atoms with Gasteiger partial charge in [-0.25, -0.2) is 0 Å². The van der Waals surface area contributed by atoms with Gasteiger partial charge in [0.15, 0.2) is 0 Å². The standard InChI is InChI=1S/C14H22N2O/c1-4-12-5-7-13(8-6-12)9-14(17)16-10-11(2)15-3/h5-8,11,15H,4,9-10H2,1-3H3,(H,16,17). The van der Waals surface area contributed by atoms with Gasteiger partial charge in [-0.2, -0.15) is 0 Å². The highest BCUT2D eigenvalue weighted by molar-refractivity contribution is 5.78. The molecule has 0 aromatic heterocycles. The van der Waals surface area contributed by atoms with Crippen molar-refractivity contribution in [2.45, 2.75) is 32.7 Å². The highest BCUT2D eigenvalue weighted by Crippen LogP contribution is 2.05. The number of amides is 1. The van der Waals surface area contributed by atoms with E-state index in [0.717, 1.165) is 12.0 Å². The molecule has 0 bridgehead atoms. The molecular weight excluding hydrogens is 212 g/mol. The minimum Gasteiger partial charge on any atom is -0.354 e. The third-order valence-electron chi connectivity index (χ3n) is 2.89. The van der Waals surface area contributed by atoms with Gasteiger partial charge in [-0.1, -0.05) is 31.2 Å². The lowest BCUT2D eigenvalue weighted by atomic mass is 10.1. The smallest absolute Gasteiger partial charge is 0.224 e. The number of carbonyl (C=O) groups excluding carboxylic acids is 1. The van der Waals surface area contributed by atoms with Gasteiger partial charge in [0, 0.05) is 12.6 Å². The molecule has 0 aliphatic heterocycles. The summed E-state index contributed by atoms with van der Waals surface area (Å²) >= 11 is 0. The fourth-order valence-electron chi connectivity index (χ4n) is 1.51. The number of benzene rings is 1. The van der Waals surface area contributed by atoms with Crippen LogP contribution in [0.3, 0.4) is 0 Å². The fourth-order valence-corrected chi connectivity index (χ4v) is 1.51. The summed E-state index contributed by atoms with van der Waals surface area (Å²) in [6.07, 6.45) is 1.49. The summed E-state index contributed by atoms with van der Waals surface area (Å²) in [6, 6.07) is 8.53. The average Bonchev–Trinajstić information content (AvgIpc) is 2.36. The van der Waals surface area contributed by atoms with E-state index in [1.807, 2.05) is 26.1 Å². The minimum atomic E-state index is 0.0800. The van der Waals surface area contributed by atoms with E-state index in [1.54, 1.807) is 0 Å². The first kappa shape index (κ1) is 13.7. The average molecular weight is 234 g/mol. The Kier molecular flexibility index (Phi) is 5.70. The van der Waals surface area contributed by atoms with Crippen molar-refractivity contribution in [1.82, 2.24) is 10.6 Å². The number of hydrogen-bond donors (Lipinski definition) is 2. The Morgan fingerprint density at radius 2 is 1.82 bits per heavy atom. The van der Waals surface area contributed by atoms with Crippen molar-refractivity contribution in [3.05, 3.63) is 35.4 Å². The van der Waals surface area contributed by atoms with Crippen LogP contribution < -0.4 is 10.6 Å². The molecule has 1 aromatic carbocycles. The molecule has 2 N–H and O–H groups in total. The Hall–Kier alpha value is -1.35. The SMILES string of the molecule is CCc1ccc(CC(=O)NCC(C)NC)cc1. The molecule has 3 heteroatoms. The van der Waals surface area contributed by atoms with Crippen molar-refractivity contribution in [2.24, 2.45) is 0 Å². The van der Waals surface area contributed by atoms with Crippen molar-refractivity contribution in [3.63, 3.8) is 0 Å². The summed E-state index contributed by atoms with van der Waals surface area (Å²) < 4.78 is 0. The maximum Gasteiger partial charge on any atom is 0.224 e. The van der Waals surface area contributed by atoms with Crippen LogP contribution in [0.5, 0.6) is 0 Å². The van der Waals surface area contributed by atoms with Crippen LogP contribution in [0, 0.1) is 0 Å². The van der Waals surface area contributed by atoms with Gasteiger partial charge in [0.05, 0.1) is 6.42 Å². The monoisotopic (exact) mass is 234 g/mol. The number of likely N-dealkylation sites (N-methyl/N-ethyl adjacent to an activating group) is 1. The lowest BCUT2D eigenvalue weighted by molar-refractivity contribution is -0.120. The van der Waals surface area contributed by atoms with Gasteiger partial charge >= 0.3 is 0 Å². The molecule has 1 atom stereocenters. The summed E-state index contributed by atoms with van der Waals surface area (Å²) in [5, 5.41) is 5.99. The Morgan fingerprint density at radius 3 is 2.35 bits per heavy atom. The second kappa shape index (κ2) is 7.07. The van der Waals surface area contributed by atoms with E-state index in [-0.39, 0.29) is 5.91 Å². The maximum atomic E-state index is 11.6. The van der Waals surface area contributed by atoms with Crippen LogP contribution in [0.2, 0.25) is 0 Å². The van der Waals surface area contributed by atoms with Gasteiger partial charge in [-0.15, -0.1) is 0 Å². The Labute approximate surface area is 104 Å². The Balaban J connectivity index is 2.39. The topological polar surface area (TPSA) is 41.1 Å². The minimum absolute atomic E-state index is 0.0800. The third kappa shape index (κ3) is 5.00. The Morgan fingerprint density at radius 1 is 1.24 bits per heavy atom. The molecule has 17 heavy (non-hydrogen) atoms. The summed E-state index contributed by atoms with van der Waals surface area (Å²) in [5.41, 5.74) is 2.37. The normalized spacial score (nSPS) is 12.2. The molecule has 1 rings (SSSR count). The zero-order valence-corrected chi connectivity index (χ0v) is 10.9. The molecular formula is C14H22N2O. The molecule has 1 unspecified atom stereocenters. The lowest BCUT2D eigenvalue weighted by Crippen LogP contribution is -2.37. The molecule has 0 fully saturated rings. The number of nitrogens with one attached hydrogen (secondary N) is 2. The van der Waals surface area contributed by atoms with Gasteiger partial charge in [0.1, 0.15) is 0 Å². The van der Waals surface area contributed by atoms with Gasteiger partial charge in [-0.3, -0.25) is 4.79 Å². The predicted octanol–water partition coefficient (Wildman–Crippen LogP) is 1.52. The Bertz CT molecular complexity index is 346. The number of rotatable bonds is 6. The van der Waals surface area contributed by atoms with Crippen LogP contribution in [-0.4, -0.2) is 25.5 Å². The van der Waals surface area contributed by atoms with Crippen LogP contribution in [0.25, 0.3) is 0 Å². The van der Waals surface area contributed by atoms with Crippen molar-refractivity contribution >= 4 is 5.91 Å². The van der Waals surface area contributed by atoms with Crippen LogP contribution >= 0.6 is 0 Å². The van der Waals surface area contributed by atoms with Crippen LogP contribution in [-0.2, 0) is 17.6 Å². The van der Waals surface area contributed by atoms with Gasteiger partial charge in [-0.05, 0) is 31.5 Å². The second-order valence-corrected chi connectivity index (χ2v) is 4.34. The van der Waals surface area contributed by atoms with E-state index in [4.69, 9.17) is 0 Å². The van der Waals surface area contributed by atoms with E-state index in [2.05, 4.69) is 29.7 Å². The summed E-state index contributed by atoms with van der Waals surface area (Å²) in [7, 11) is 1.89. The largest absolute Gasteiger partial charge is 0.354 e. The molecule has 1 amide bonds. The second-order valence-electron chi connectivity index (χ2n) is 4.34. The maximum absolute atomic E-state index is 11.6. The van der Waals surface area contributed by atoms with E-state index in [1.165, 1.54) is 5.56 Å². The molecule has 1 aromatic rings. The highest BCUT2D eigenvalue weighted by atomic mass is 16.1. The van der Waals surface area contributed by atoms with Crippen LogP contribution in [0.15, 0.2) is 24.3 Å². The molecule has 0 aliphatic rings. The summed E-state index contributed by atoms with van der Waals surface area (Å²) in [4.78, 5) is 11.6. The summed E-state index contributed by atoms with van der Waals surface area (Å²) in [6.45, 7) is 4.83. The van der Waals surface area contributed by atoms with Gasteiger partial charge in [0.25, 0.3) is 0 Å². The third-order valence-corrected chi connectivity index (χ3v) is 2.89. The molecule has 0 spiro atoms. The summed E-state index contributed by atoms with van der Waals surface area (Å²) in [5.74, 6) is 0.0800. The quantitative estimate of drug-likeness (QED) is 0.783. The first-order chi connectivity index (χ1) is 8.15. The molecule has 0 saturated heterocycles. The first-order valence-electron chi connectivity index (χ1n) is 6.17. The zero-order chi connectivity index (χ0) is 12.7. The highest BCUT2D eigenvalue weighted by Gasteiger charge is 2.04. The number of hydrogen-bond acceptors (Lipinski definition) is 2. The lowest BCUT2D eigenvalue weighted by Gasteiger charge is -2.11. The van der Waals surface area contributed by atoms with Crippen molar-refractivity contribution in [1.29, 1.82) is 0 Å². The van der Waals surface area contributed by atoms with Crippen molar-refractivity contribution in [3.8, 4) is 0 Å². The van der Waals surface area contributed by atoms with Crippen LogP contribution in [0.4, 0.5) is 0 Å². The number of carbonyl (C=O) groups is 1. The number of aryl methyl sites for hydroxylation is 1. The zero-order valence-electron chi connectivity index (χ0n) is 10.9. The molecule has 0 aliphatic carbocycles. The van der Waals surface area contributed by atoms with Crippen molar-refractivity contribution in [2.75, 3.05) is 13.6 Å². The van der Waals surface area contributed by atoms with Crippen LogP contribution in [0.1, 0.15) is 25.0 Å². The predicted molar refractivity (Wildman–Crippen MR) is 71.1 cm³/mol. The van der Waals surface area contributed by atoms with E-state index >= 15 is 0 Å². The van der Waals surface area contributed by atoms with E-state index in [9.17, 15) is 4.79 Å². The van der Waals surface area contributed by atoms with E-state index < -0.39 is 0 Å². The van der Waals surface area contributed by atoms with E-state index in [0.29, 0.717) is 19.0 Å². The molecule has 94 valence electrons.